The fourth-order valence-corrected chi connectivity index (χ4v) is 0.786. The molecule has 0 aromatic rings. The summed E-state index contributed by atoms with van der Waals surface area (Å²) in [5.74, 6) is -1.19. The summed E-state index contributed by atoms with van der Waals surface area (Å²) in [6.45, 7) is 3.62. The molecule has 1 unspecified atom stereocenters. The Balaban J connectivity index is 3.92. The fourth-order valence-electron chi connectivity index (χ4n) is 0.475. The fraction of sp³-hybridized carbons (Fsp3) is 0.714. The van der Waals surface area contributed by atoms with Crippen LogP contribution in [0.5, 0.6) is 0 Å². The Kier molecular flexibility index (Phi) is 4.94. The lowest BCUT2D eigenvalue weighted by molar-refractivity contribution is -0.153. The van der Waals surface area contributed by atoms with E-state index in [0.29, 0.717) is 0 Å². The second-order valence-corrected chi connectivity index (χ2v) is 3.14. The SMILES string of the molecule is CCOC(=O)C(=O)C(C)SC. The molecule has 0 aliphatic heterocycles. The van der Waals surface area contributed by atoms with E-state index in [4.69, 9.17) is 0 Å². The molecular formula is C7H12O3S. The van der Waals surface area contributed by atoms with E-state index in [1.807, 2.05) is 0 Å². The van der Waals surface area contributed by atoms with Crippen LogP contribution in [0.2, 0.25) is 0 Å². The molecule has 4 heteroatoms. The molecule has 0 saturated carbocycles. The van der Waals surface area contributed by atoms with E-state index in [2.05, 4.69) is 4.74 Å². The third-order valence-corrected chi connectivity index (χ3v) is 2.12. The number of thioether (sulfide) groups is 1. The smallest absolute Gasteiger partial charge is 0.375 e. The van der Waals surface area contributed by atoms with Gasteiger partial charge in [0.1, 0.15) is 0 Å². The molecule has 0 rings (SSSR count). The number of carbonyl (C=O) groups excluding carboxylic acids is 2. The lowest BCUT2D eigenvalue weighted by Gasteiger charge is -2.04. The van der Waals surface area contributed by atoms with E-state index in [1.165, 1.54) is 11.8 Å². The number of ether oxygens (including phenoxy) is 1. The molecule has 1 atom stereocenters. The summed E-state index contributed by atoms with van der Waals surface area (Å²) in [5, 5.41) is -0.297. The standard InChI is InChI=1S/C7H12O3S/c1-4-10-7(9)6(8)5(2)11-3/h5H,4H2,1-3H3. The zero-order valence-corrected chi connectivity index (χ0v) is 7.73. The molecule has 0 aromatic heterocycles. The molecule has 0 bridgehead atoms. The van der Waals surface area contributed by atoms with Gasteiger partial charge in [-0.3, -0.25) is 4.79 Å². The molecule has 0 amide bonds. The summed E-state index contributed by atoms with van der Waals surface area (Å²) in [5.41, 5.74) is 0. The summed E-state index contributed by atoms with van der Waals surface area (Å²) in [6, 6.07) is 0. The Morgan fingerprint density at radius 3 is 2.45 bits per heavy atom. The van der Waals surface area contributed by atoms with Crippen molar-refractivity contribution in [2.45, 2.75) is 19.1 Å². The summed E-state index contributed by atoms with van der Waals surface area (Å²) in [4.78, 5) is 21.7. The lowest BCUT2D eigenvalue weighted by atomic mass is 10.3. The third-order valence-electron chi connectivity index (χ3n) is 1.20. The number of esters is 1. The maximum Gasteiger partial charge on any atom is 0.375 e. The molecular weight excluding hydrogens is 164 g/mol. The van der Waals surface area contributed by atoms with Crippen LogP contribution < -0.4 is 0 Å². The van der Waals surface area contributed by atoms with Crippen molar-refractivity contribution in [2.24, 2.45) is 0 Å². The topological polar surface area (TPSA) is 43.4 Å². The van der Waals surface area contributed by atoms with Gasteiger partial charge in [0.2, 0.25) is 0 Å². The van der Waals surface area contributed by atoms with Gasteiger partial charge in [0, 0.05) is 0 Å². The lowest BCUT2D eigenvalue weighted by Crippen LogP contribution is -2.25. The van der Waals surface area contributed by atoms with Gasteiger partial charge in [0.15, 0.2) is 0 Å². The zero-order valence-electron chi connectivity index (χ0n) is 6.92. The predicted molar refractivity (Wildman–Crippen MR) is 44.6 cm³/mol. The Bertz CT molecular complexity index is 156. The molecule has 0 aliphatic rings. The number of rotatable bonds is 4. The first-order valence-electron chi connectivity index (χ1n) is 3.37. The van der Waals surface area contributed by atoms with Crippen LogP contribution in [-0.4, -0.2) is 29.9 Å². The van der Waals surface area contributed by atoms with Crippen molar-refractivity contribution in [2.75, 3.05) is 12.9 Å². The van der Waals surface area contributed by atoms with Crippen molar-refractivity contribution in [3.8, 4) is 0 Å². The molecule has 0 radical (unpaired) electrons. The molecule has 0 heterocycles. The normalized spacial score (nSPS) is 12.3. The van der Waals surface area contributed by atoms with E-state index < -0.39 is 11.8 Å². The van der Waals surface area contributed by atoms with Gasteiger partial charge in [-0.1, -0.05) is 0 Å². The molecule has 0 fully saturated rings. The van der Waals surface area contributed by atoms with Crippen LogP contribution in [0, 0.1) is 0 Å². The third kappa shape index (κ3) is 3.41. The highest BCUT2D eigenvalue weighted by Gasteiger charge is 2.20. The Morgan fingerprint density at radius 2 is 2.09 bits per heavy atom. The minimum Gasteiger partial charge on any atom is -0.460 e. The molecule has 0 N–H and O–H groups in total. The van der Waals surface area contributed by atoms with Crippen LogP contribution in [0.25, 0.3) is 0 Å². The molecule has 64 valence electrons. The van der Waals surface area contributed by atoms with Gasteiger partial charge in [0.05, 0.1) is 11.9 Å². The van der Waals surface area contributed by atoms with E-state index >= 15 is 0 Å². The number of hydrogen-bond donors (Lipinski definition) is 0. The first-order valence-corrected chi connectivity index (χ1v) is 4.66. The summed E-state index contributed by atoms with van der Waals surface area (Å²) < 4.78 is 4.52. The van der Waals surface area contributed by atoms with Crippen molar-refractivity contribution >= 4 is 23.5 Å². The van der Waals surface area contributed by atoms with Gasteiger partial charge < -0.3 is 4.74 Å². The van der Waals surface area contributed by atoms with Crippen LogP contribution >= 0.6 is 11.8 Å². The minimum atomic E-state index is -0.727. The van der Waals surface area contributed by atoms with E-state index in [-0.39, 0.29) is 11.9 Å². The summed E-state index contributed by atoms with van der Waals surface area (Å²) >= 11 is 1.34. The van der Waals surface area contributed by atoms with Crippen molar-refractivity contribution in [1.29, 1.82) is 0 Å². The molecule has 0 spiro atoms. The molecule has 0 saturated heterocycles. The zero-order chi connectivity index (χ0) is 8.85. The number of carbonyl (C=O) groups is 2. The number of hydrogen-bond acceptors (Lipinski definition) is 4. The predicted octanol–water partition coefficient (Wildman–Crippen LogP) is 0.870. The second-order valence-electron chi connectivity index (χ2n) is 1.96. The van der Waals surface area contributed by atoms with Crippen LogP contribution in [0.4, 0.5) is 0 Å². The molecule has 3 nitrogen and oxygen atoms in total. The molecule has 11 heavy (non-hydrogen) atoms. The van der Waals surface area contributed by atoms with Crippen LogP contribution in [-0.2, 0) is 14.3 Å². The highest BCUT2D eigenvalue weighted by atomic mass is 32.2. The Morgan fingerprint density at radius 1 is 1.55 bits per heavy atom. The van der Waals surface area contributed by atoms with Crippen LogP contribution in [0.1, 0.15) is 13.8 Å². The van der Waals surface area contributed by atoms with E-state index in [9.17, 15) is 9.59 Å². The summed E-state index contributed by atoms with van der Waals surface area (Å²) in [6.07, 6.45) is 1.78. The van der Waals surface area contributed by atoms with Crippen molar-refractivity contribution in [3.05, 3.63) is 0 Å². The van der Waals surface area contributed by atoms with Crippen LogP contribution in [0.15, 0.2) is 0 Å². The van der Waals surface area contributed by atoms with E-state index in [1.54, 1.807) is 20.1 Å². The maximum absolute atomic E-state index is 11.0. The van der Waals surface area contributed by atoms with Crippen molar-refractivity contribution in [1.82, 2.24) is 0 Å². The van der Waals surface area contributed by atoms with Crippen LogP contribution in [0.3, 0.4) is 0 Å². The average Bonchev–Trinajstić information content (AvgIpc) is 2.02. The van der Waals surface area contributed by atoms with Gasteiger partial charge >= 0.3 is 5.97 Å². The number of ketones is 1. The van der Waals surface area contributed by atoms with Gasteiger partial charge in [-0.05, 0) is 20.1 Å². The Hall–Kier alpha value is -0.510. The average molecular weight is 176 g/mol. The van der Waals surface area contributed by atoms with Crippen molar-refractivity contribution < 1.29 is 14.3 Å². The monoisotopic (exact) mass is 176 g/mol. The summed E-state index contributed by atoms with van der Waals surface area (Å²) in [7, 11) is 0. The molecule has 0 aromatic carbocycles. The minimum absolute atomic E-state index is 0.256. The highest BCUT2D eigenvalue weighted by molar-refractivity contribution is 8.00. The van der Waals surface area contributed by atoms with E-state index in [0.717, 1.165) is 0 Å². The first kappa shape index (κ1) is 10.5. The van der Waals surface area contributed by atoms with Gasteiger partial charge in [0.25, 0.3) is 5.78 Å². The quantitative estimate of drug-likeness (QED) is 0.471. The van der Waals surface area contributed by atoms with Gasteiger partial charge in [-0.25, -0.2) is 4.79 Å². The Labute approximate surface area is 70.5 Å². The maximum atomic E-state index is 11.0. The first-order chi connectivity index (χ1) is 5.13. The largest absolute Gasteiger partial charge is 0.460 e. The number of Topliss-reactive ketones (excluding diaryl/α,β-unsaturated/α-hetero) is 1. The highest BCUT2D eigenvalue weighted by Crippen LogP contribution is 2.06. The van der Waals surface area contributed by atoms with Crippen molar-refractivity contribution in [3.63, 3.8) is 0 Å². The van der Waals surface area contributed by atoms with Gasteiger partial charge in [-0.15, -0.1) is 0 Å². The molecule has 0 aliphatic carbocycles. The second kappa shape index (κ2) is 5.18. The van der Waals surface area contributed by atoms with Gasteiger partial charge in [-0.2, -0.15) is 11.8 Å².